The lowest BCUT2D eigenvalue weighted by Crippen LogP contribution is -2.47. The molecule has 6 amide bonds. The summed E-state index contributed by atoms with van der Waals surface area (Å²) in [6, 6.07) is 23.7. The number of guanidine groups is 1. The summed E-state index contributed by atoms with van der Waals surface area (Å²) in [5.74, 6) is -0.135. The van der Waals surface area contributed by atoms with Crippen molar-refractivity contribution in [1.29, 1.82) is 0 Å². The second-order valence-electron chi connectivity index (χ2n) is 20.9. The predicted molar refractivity (Wildman–Crippen MR) is 304 cm³/mol. The predicted octanol–water partition coefficient (Wildman–Crippen LogP) is 7.79. The smallest absolute Gasteiger partial charge is 0.450 e. The first kappa shape index (κ1) is 63.3. The molecule has 3 heterocycles. The third-order valence-corrected chi connectivity index (χ3v) is 15.2. The highest BCUT2D eigenvalue weighted by atomic mass is 32.2. The molecular formula is C55H77N10O14PS. The number of aryl methyl sites for hydroxylation is 1. The number of fused-ring (bicyclic) bond motifs is 1. The van der Waals surface area contributed by atoms with E-state index in [1.165, 1.54) is 0 Å². The van der Waals surface area contributed by atoms with Crippen molar-refractivity contribution in [3.05, 3.63) is 102 Å². The molecule has 6 N–H and O–H groups in total. The molecule has 1 aromatic heterocycles. The van der Waals surface area contributed by atoms with E-state index in [0.29, 0.717) is 94.2 Å². The van der Waals surface area contributed by atoms with Crippen LogP contribution in [0.1, 0.15) is 84.9 Å². The van der Waals surface area contributed by atoms with Gasteiger partial charge in [-0.3, -0.25) is 15.4 Å². The minimum atomic E-state index is -4.34. The molecule has 1 unspecified atom stereocenters. The van der Waals surface area contributed by atoms with E-state index >= 15 is 4.57 Å². The van der Waals surface area contributed by atoms with E-state index in [2.05, 4.69) is 47.2 Å². The van der Waals surface area contributed by atoms with Crippen molar-refractivity contribution in [2.45, 2.75) is 127 Å². The number of urea groups is 1. The lowest BCUT2D eigenvalue weighted by Gasteiger charge is -2.28. The molecule has 2 fully saturated rings. The molecular weight excluding hydrogens is 1090 g/mol. The number of nitrogens with one attached hydrogen (secondary N) is 6. The number of benzene rings is 3. The van der Waals surface area contributed by atoms with E-state index in [-0.39, 0.29) is 54.5 Å². The molecule has 81 heavy (non-hydrogen) atoms. The maximum Gasteiger partial charge on any atom is 0.453 e. The fourth-order valence-electron chi connectivity index (χ4n) is 8.07. The van der Waals surface area contributed by atoms with Gasteiger partial charge in [-0.1, -0.05) is 60.2 Å². The summed E-state index contributed by atoms with van der Waals surface area (Å²) < 4.78 is 62.2. The van der Waals surface area contributed by atoms with Crippen LogP contribution in [0.25, 0.3) is 0 Å². The number of carbonyl (C=O) groups excluding carboxylic acids is 5. The summed E-state index contributed by atoms with van der Waals surface area (Å²) in [6.45, 7) is 13.4. The zero-order valence-electron chi connectivity index (χ0n) is 46.9. The summed E-state index contributed by atoms with van der Waals surface area (Å²) in [5, 5.41) is 25.3. The molecule has 24 nitrogen and oxygen atoms in total. The topological polar surface area (TPSA) is 292 Å². The van der Waals surface area contributed by atoms with Crippen LogP contribution in [0.4, 0.5) is 24.9 Å². The maximum atomic E-state index is 15.1. The number of hydrogen-bond donors (Lipinski definition) is 6. The number of unbranched alkanes of at least 4 members (excludes halogenated alkanes) is 1. The first-order valence-corrected chi connectivity index (χ1v) is 29.7. The van der Waals surface area contributed by atoms with Crippen LogP contribution in [-0.4, -0.2) is 144 Å². The van der Waals surface area contributed by atoms with Crippen LogP contribution >= 0.6 is 19.4 Å². The lowest BCUT2D eigenvalue weighted by atomic mass is 10.0. The summed E-state index contributed by atoms with van der Waals surface area (Å²) in [5.41, 5.74) is -0.114. The van der Waals surface area contributed by atoms with Crippen molar-refractivity contribution in [3.8, 4) is 11.5 Å². The number of thioether (sulfide) groups is 1. The van der Waals surface area contributed by atoms with Gasteiger partial charge >= 0.3 is 31.9 Å². The van der Waals surface area contributed by atoms with E-state index in [9.17, 15) is 24.0 Å². The van der Waals surface area contributed by atoms with Crippen molar-refractivity contribution in [3.63, 3.8) is 0 Å². The fourth-order valence-corrected chi connectivity index (χ4v) is 11.4. The Kier molecular flexibility index (Phi) is 24.9. The Morgan fingerprint density at radius 2 is 1.36 bits per heavy atom. The number of rotatable bonds is 30. The number of ether oxygens (including phenoxy) is 6. The monoisotopic (exact) mass is 1160 g/mol. The van der Waals surface area contributed by atoms with E-state index in [1.54, 1.807) is 137 Å². The van der Waals surface area contributed by atoms with Crippen LogP contribution in [0.5, 0.6) is 11.5 Å². The second kappa shape index (κ2) is 31.9. The zero-order valence-corrected chi connectivity index (χ0v) is 48.6. The molecule has 0 spiro atoms. The zero-order chi connectivity index (χ0) is 58.1. The molecule has 26 heteroatoms. The highest BCUT2D eigenvalue weighted by Crippen LogP contribution is 2.53. The Bertz CT molecular complexity index is 2620. The molecule has 4 atom stereocenters. The molecule has 6 rings (SSSR count). The van der Waals surface area contributed by atoms with Crippen molar-refractivity contribution in [1.82, 2.24) is 46.9 Å². The highest BCUT2D eigenvalue weighted by Gasteiger charge is 2.43. The maximum absolute atomic E-state index is 15.1. The summed E-state index contributed by atoms with van der Waals surface area (Å²) >= 11 is 1.88. The minimum absolute atomic E-state index is 0.00611. The number of aliphatic imine (C=N–C) groups is 1. The summed E-state index contributed by atoms with van der Waals surface area (Å²) in [7, 11) is -4.34. The third kappa shape index (κ3) is 24.0. The van der Waals surface area contributed by atoms with E-state index < -0.39 is 42.9 Å². The first-order chi connectivity index (χ1) is 38.8. The molecule has 4 aromatic rings. The SMILES string of the molecule is CC(C)(C)OC(=O)NC(=Nc1ccc(CC(NC(=O)OCCCc2cn(CCOCCOCCOCCNC(=O)CCCC[C@@H]3SC[C@@H]4NC(=O)N[C@@H]43)nn2)P(=O)(Oc2ccccc2)Oc2ccccc2)cc1)NC(=O)OC(C)(C)C. The van der Waals surface area contributed by atoms with Crippen LogP contribution in [0.2, 0.25) is 0 Å². The Balaban J connectivity index is 0.915. The standard InChI is InChI=1S/C55H77N10O14PS/c1-54(2,3)76-52(69)61-49(62-53(70)77-55(4,5)6)57-40-25-23-39(24-26-40)36-47(80(71,78-42-17-9-7-10-18-42)79-43-19-11-8-12-20-43)59-51(68)75-29-15-16-41-37-65(64-63-41)28-31-73-33-35-74-34-32-72-30-27-56-46(66)22-14-13-21-45-48-44(38-81-45)58-50(67)60-48/h7-12,17-20,23-26,37,44-45,47-48H,13-16,21-22,27-36,38H2,1-6H3,(H,56,66)(H,59,68)(H2,58,60,67)(H2,57,61,62,69,70)/t44-,45-,47?,48-/m0/s1. The van der Waals surface area contributed by atoms with Crippen molar-refractivity contribution >= 4 is 61.2 Å². The van der Waals surface area contributed by atoms with Crippen LogP contribution in [0, 0.1) is 0 Å². The van der Waals surface area contributed by atoms with Crippen LogP contribution in [0.3, 0.4) is 0 Å². The molecule has 442 valence electrons. The number of alkyl carbamates (subject to hydrolysis) is 3. The van der Waals surface area contributed by atoms with Crippen LogP contribution < -0.4 is 40.9 Å². The normalized spacial score (nSPS) is 16.2. The van der Waals surface area contributed by atoms with Gasteiger partial charge in [-0.05, 0) is 109 Å². The van der Waals surface area contributed by atoms with Gasteiger partial charge in [0.1, 0.15) is 22.7 Å². The van der Waals surface area contributed by atoms with Gasteiger partial charge in [-0.2, -0.15) is 11.8 Å². The fraction of sp³-hybridized carbons (Fsp3) is 0.527. The second-order valence-corrected chi connectivity index (χ2v) is 24.2. The minimum Gasteiger partial charge on any atom is -0.450 e. The van der Waals surface area contributed by atoms with Gasteiger partial charge in [0.2, 0.25) is 11.9 Å². The molecule has 2 aliphatic rings. The van der Waals surface area contributed by atoms with Gasteiger partial charge in [0, 0.05) is 36.6 Å². The summed E-state index contributed by atoms with van der Waals surface area (Å²) in [4.78, 5) is 67.2. The Morgan fingerprint density at radius 1 is 0.753 bits per heavy atom. The van der Waals surface area contributed by atoms with E-state index in [4.69, 9.17) is 37.5 Å². The number of carbonyl (C=O) groups is 5. The molecule has 0 bridgehead atoms. The average molecular weight is 1170 g/mol. The van der Waals surface area contributed by atoms with Gasteiger partial charge in [0.15, 0.2) is 5.78 Å². The first-order valence-electron chi connectivity index (χ1n) is 27.0. The third-order valence-electron chi connectivity index (χ3n) is 11.7. The van der Waals surface area contributed by atoms with Crippen molar-refractivity contribution in [2.75, 3.05) is 58.5 Å². The number of amides is 6. The van der Waals surface area contributed by atoms with Crippen molar-refractivity contribution < 1.29 is 66.0 Å². The summed E-state index contributed by atoms with van der Waals surface area (Å²) in [6.07, 6.45) is 3.18. The lowest BCUT2D eigenvalue weighted by molar-refractivity contribution is -0.121. The average Bonchev–Trinajstić information content (AvgIpc) is 4.36. The molecule has 2 aliphatic heterocycles. The Hall–Kier alpha value is -6.92. The van der Waals surface area contributed by atoms with Crippen LogP contribution in [0.15, 0.2) is 96.1 Å². The van der Waals surface area contributed by atoms with Gasteiger partial charge in [-0.25, -0.2) is 33.4 Å². The molecule has 2 saturated heterocycles. The van der Waals surface area contributed by atoms with E-state index in [0.717, 1.165) is 25.0 Å². The molecule has 0 aliphatic carbocycles. The Labute approximate surface area is 477 Å². The number of aromatic nitrogens is 3. The number of nitrogens with zero attached hydrogens (tertiary/aromatic N) is 4. The molecule has 3 aromatic carbocycles. The van der Waals surface area contributed by atoms with Gasteiger partial charge in [0.25, 0.3) is 0 Å². The quantitative estimate of drug-likeness (QED) is 0.00725. The number of hydrogen-bond acceptors (Lipinski definition) is 18. The van der Waals surface area contributed by atoms with Gasteiger partial charge in [-0.15, -0.1) is 5.10 Å². The number of para-hydroxylation sites is 2. The Morgan fingerprint density at radius 3 is 1.98 bits per heavy atom. The largest absolute Gasteiger partial charge is 0.453 e. The van der Waals surface area contributed by atoms with Crippen LogP contribution in [-0.2, 0) is 57.2 Å². The molecule has 0 radical (unpaired) electrons. The van der Waals surface area contributed by atoms with Gasteiger partial charge in [0.05, 0.1) is 76.3 Å². The van der Waals surface area contributed by atoms with E-state index in [1.807, 2.05) is 11.8 Å². The highest BCUT2D eigenvalue weighted by molar-refractivity contribution is 8.00. The van der Waals surface area contributed by atoms with Crippen molar-refractivity contribution in [2.24, 2.45) is 4.99 Å². The molecule has 0 saturated carbocycles. The van der Waals surface area contributed by atoms with Gasteiger partial charge < -0.3 is 58.7 Å².